The van der Waals surface area contributed by atoms with Crippen LogP contribution in [0.3, 0.4) is 0 Å². The smallest absolute Gasteiger partial charge is 0.136 e. The molecule has 4 fully saturated rings. The summed E-state index contributed by atoms with van der Waals surface area (Å²) in [5.41, 5.74) is 21.8. The highest BCUT2D eigenvalue weighted by Crippen LogP contribution is 2.89. The molecule has 1 heterocycles. The van der Waals surface area contributed by atoms with Crippen LogP contribution < -0.4 is 4.90 Å². The zero-order valence-electron chi connectivity index (χ0n) is 38.9. The molecule has 0 saturated heterocycles. The van der Waals surface area contributed by atoms with Gasteiger partial charge >= 0.3 is 0 Å². The summed E-state index contributed by atoms with van der Waals surface area (Å²) in [5.74, 6) is 3.48. The second-order valence-corrected chi connectivity index (χ2v) is 21.2. The molecule has 5 aliphatic carbocycles. The van der Waals surface area contributed by atoms with Crippen molar-refractivity contribution in [1.82, 2.24) is 0 Å². The molecule has 2 spiro atoms. The number of fused-ring (bicyclic) bond motifs is 12. The number of hydrogen-bond donors (Lipinski definition) is 0. The molecule has 332 valence electrons. The van der Waals surface area contributed by atoms with E-state index in [2.05, 4.69) is 223 Å². The maximum absolute atomic E-state index is 6.41. The van der Waals surface area contributed by atoms with Gasteiger partial charge in [-0.05, 0) is 175 Å². The topological polar surface area (TPSA) is 16.4 Å². The minimum atomic E-state index is 0.175. The summed E-state index contributed by atoms with van der Waals surface area (Å²) in [6, 6.07) is 83.6. The van der Waals surface area contributed by atoms with E-state index in [1.807, 2.05) is 6.07 Å². The van der Waals surface area contributed by atoms with Crippen LogP contribution in [0, 0.1) is 29.1 Å². The molecular weight excluding hydrogens is 847 g/mol. The second-order valence-electron chi connectivity index (χ2n) is 21.2. The van der Waals surface area contributed by atoms with Gasteiger partial charge in [0.2, 0.25) is 0 Å². The van der Waals surface area contributed by atoms with E-state index in [1.165, 1.54) is 81.0 Å². The van der Waals surface area contributed by atoms with Crippen LogP contribution in [0.4, 0.5) is 17.1 Å². The third-order valence-electron chi connectivity index (χ3n) is 18.3. The van der Waals surface area contributed by atoms with Crippen LogP contribution >= 0.6 is 0 Å². The summed E-state index contributed by atoms with van der Waals surface area (Å²) in [6.45, 7) is 0. The van der Waals surface area contributed by atoms with Gasteiger partial charge in [-0.1, -0.05) is 176 Å². The van der Waals surface area contributed by atoms with Crippen molar-refractivity contribution in [1.29, 1.82) is 0 Å². The largest absolute Gasteiger partial charge is 0.456 e. The Hall–Kier alpha value is -7.94. The monoisotopic (exact) mass is 895 g/mol. The van der Waals surface area contributed by atoms with Crippen LogP contribution in [-0.2, 0) is 5.41 Å². The van der Waals surface area contributed by atoms with Crippen molar-refractivity contribution in [3.63, 3.8) is 0 Å². The highest BCUT2D eigenvalue weighted by Gasteiger charge is 2.84. The predicted octanol–water partition coefficient (Wildman–Crippen LogP) is 18.2. The first kappa shape index (κ1) is 39.0. The molecule has 2 bridgehead atoms. The fourth-order valence-electron chi connectivity index (χ4n) is 15.9. The lowest BCUT2D eigenvalue weighted by molar-refractivity contribution is -0.231. The van der Waals surface area contributed by atoms with Gasteiger partial charge in [0.05, 0.1) is 5.69 Å². The summed E-state index contributed by atoms with van der Waals surface area (Å²) in [4.78, 5) is 2.48. The molecule has 16 rings (SSSR count). The Morgan fingerprint density at radius 1 is 0.400 bits per heavy atom. The molecule has 0 aliphatic heterocycles. The van der Waals surface area contributed by atoms with Gasteiger partial charge in [0.1, 0.15) is 11.2 Å². The third-order valence-corrected chi connectivity index (χ3v) is 18.3. The van der Waals surface area contributed by atoms with Gasteiger partial charge < -0.3 is 9.32 Å². The summed E-state index contributed by atoms with van der Waals surface area (Å²) >= 11 is 0. The Labute approximate surface area is 408 Å². The van der Waals surface area contributed by atoms with Crippen molar-refractivity contribution in [2.75, 3.05) is 4.90 Å². The number of furan rings is 1. The van der Waals surface area contributed by atoms with Crippen molar-refractivity contribution >= 4 is 49.8 Å². The maximum atomic E-state index is 6.41. The van der Waals surface area contributed by atoms with Gasteiger partial charge in [-0.15, -0.1) is 0 Å². The van der Waals surface area contributed by atoms with Crippen LogP contribution in [-0.4, -0.2) is 0 Å². The van der Waals surface area contributed by atoms with E-state index >= 15 is 0 Å². The number of nitrogens with zero attached hydrogens (tertiary/aromatic N) is 1. The molecule has 2 heteroatoms. The van der Waals surface area contributed by atoms with E-state index in [9.17, 15) is 0 Å². The van der Waals surface area contributed by atoms with E-state index in [0.29, 0.717) is 5.41 Å². The minimum absolute atomic E-state index is 0.175. The molecule has 10 aromatic carbocycles. The van der Waals surface area contributed by atoms with E-state index in [1.54, 1.807) is 11.1 Å². The Bertz CT molecular complexity index is 3950. The maximum Gasteiger partial charge on any atom is 0.136 e. The molecule has 11 aromatic rings. The third kappa shape index (κ3) is 5.08. The average Bonchev–Trinajstić information content (AvgIpc) is 4.17. The fourth-order valence-corrected chi connectivity index (χ4v) is 15.9. The zero-order valence-corrected chi connectivity index (χ0v) is 38.9. The standard InChI is InChI=1S/C68H49NO/c1-2-14-44(15-3-1)51-23-11-16-45-17-12-25-56(65(45)51)55-21-5-8-27-60(55)69(50-19-10-18-47(38-50)52-24-13-29-62-66(52)57-22-6-9-28-61(57)70-62)49-33-30-43(31-34-49)46-32-35-54-53-20-4-7-26-58(53)68(59(54)39-46)63-37-42-36-48-40-64(68)67(48,63)41-42/h1-35,38-39,42,48,63-64H,36-37,40-41H2. The lowest BCUT2D eigenvalue weighted by Crippen LogP contribution is -2.73. The SMILES string of the molecule is c1ccc(-c2cccc3cccc(-c4ccccc4N(c4ccc(-c5ccc6c(c5)C5(c7ccccc7-6)C6CC7CC8CC5C86C7)cc4)c4cccc(-c5cccc6oc7ccccc7c56)c4)c23)cc1. The van der Waals surface area contributed by atoms with Crippen LogP contribution in [0.5, 0.6) is 0 Å². The summed E-state index contributed by atoms with van der Waals surface area (Å²) in [6.07, 6.45) is 5.81. The molecule has 0 N–H and O–H groups in total. The number of rotatable bonds is 7. The Kier molecular flexibility index (Phi) is 7.97. The summed E-state index contributed by atoms with van der Waals surface area (Å²) < 4.78 is 6.41. The highest BCUT2D eigenvalue weighted by atomic mass is 16.3. The molecule has 6 unspecified atom stereocenters. The first-order valence-electron chi connectivity index (χ1n) is 25.5. The van der Waals surface area contributed by atoms with Crippen molar-refractivity contribution in [3.05, 3.63) is 236 Å². The summed E-state index contributed by atoms with van der Waals surface area (Å²) in [5, 5.41) is 4.75. The minimum Gasteiger partial charge on any atom is -0.456 e. The molecule has 5 aliphatic rings. The lowest BCUT2D eigenvalue weighted by Gasteiger charge is -2.76. The van der Waals surface area contributed by atoms with Crippen molar-refractivity contribution in [3.8, 4) is 55.6 Å². The molecule has 0 amide bonds. The van der Waals surface area contributed by atoms with Gasteiger partial charge in [-0.3, -0.25) is 0 Å². The molecule has 70 heavy (non-hydrogen) atoms. The molecule has 6 atom stereocenters. The number of para-hydroxylation sites is 2. The fraction of sp³-hybridized carbons (Fsp3) is 0.147. The zero-order chi connectivity index (χ0) is 45.7. The van der Waals surface area contributed by atoms with Gasteiger partial charge in [0, 0.05) is 33.1 Å². The van der Waals surface area contributed by atoms with Gasteiger partial charge in [0.15, 0.2) is 0 Å². The lowest BCUT2D eigenvalue weighted by atomic mass is 9.27. The second kappa shape index (κ2) is 14.3. The quantitative estimate of drug-likeness (QED) is 0.158. The predicted molar refractivity (Wildman–Crippen MR) is 289 cm³/mol. The van der Waals surface area contributed by atoms with E-state index in [-0.39, 0.29) is 5.41 Å². The van der Waals surface area contributed by atoms with E-state index in [4.69, 9.17) is 4.42 Å². The van der Waals surface area contributed by atoms with Crippen molar-refractivity contribution in [2.24, 2.45) is 29.1 Å². The van der Waals surface area contributed by atoms with Crippen molar-refractivity contribution < 1.29 is 4.42 Å². The Balaban J connectivity index is 0.859. The van der Waals surface area contributed by atoms with Crippen LogP contribution in [0.15, 0.2) is 229 Å². The van der Waals surface area contributed by atoms with Crippen LogP contribution in [0.1, 0.15) is 36.8 Å². The molecule has 0 radical (unpaired) electrons. The molecular formula is C68H49NO. The molecule has 2 nitrogen and oxygen atoms in total. The van der Waals surface area contributed by atoms with E-state index in [0.717, 1.165) is 73.8 Å². The van der Waals surface area contributed by atoms with Crippen LogP contribution in [0.2, 0.25) is 0 Å². The Morgan fingerprint density at radius 2 is 1.06 bits per heavy atom. The molecule has 1 aromatic heterocycles. The molecule has 4 saturated carbocycles. The number of hydrogen-bond acceptors (Lipinski definition) is 2. The number of benzene rings is 10. The van der Waals surface area contributed by atoms with Crippen LogP contribution in [0.25, 0.3) is 88.3 Å². The van der Waals surface area contributed by atoms with Gasteiger partial charge in [-0.2, -0.15) is 0 Å². The van der Waals surface area contributed by atoms with Crippen molar-refractivity contribution in [2.45, 2.75) is 31.1 Å². The normalized spacial score (nSPS) is 23.0. The number of anilines is 3. The average molecular weight is 896 g/mol. The van der Waals surface area contributed by atoms with E-state index < -0.39 is 0 Å². The summed E-state index contributed by atoms with van der Waals surface area (Å²) in [7, 11) is 0. The highest BCUT2D eigenvalue weighted by molar-refractivity contribution is 6.13. The van der Waals surface area contributed by atoms with Gasteiger partial charge in [0.25, 0.3) is 0 Å². The Morgan fingerprint density at radius 3 is 1.93 bits per heavy atom. The first-order valence-corrected chi connectivity index (χ1v) is 25.5. The first-order chi connectivity index (χ1) is 34.7. The van der Waals surface area contributed by atoms with Gasteiger partial charge in [-0.25, -0.2) is 0 Å².